The second-order valence-electron chi connectivity index (χ2n) is 2.96. The van der Waals surface area contributed by atoms with Crippen molar-refractivity contribution in [2.45, 2.75) is 19.8 Å². The zero-order valence-electron chi connectivity index (χ0n) is 8.69. The van der Waals surface area contributed by atoms with Crippen LogP contribution in [-0.4, -0.2) is 41.6 Å². The van der Waals surface area contributed by atoms with Gasteiger partial charge < -0.3 is 15.3 Å². The molecule has 15 heavy (non-hydrogen) atoms. The summed E-state index contributed by atoms with van der Waals surface area (Å²) in [4.78, 5) is 22.9. The van der Waals surface area contributed by atoms with E-state index in [1.54, 1.807) is 0 Å². The van der Waals surface area contributed by atoms with E-state index in [1.165, 1.54) is 0 Å². The van der Waals surface area contributed by atoms with E-state index in [4.69, 9.17) is 10.4 Å². The molecule has 0 aliphatic heterocycles. The van der Waals surface area contributed by atoms with Crippen molar-refractivity contribution in [3.63, 3.8) is 0 Å². The maximum absolute atomic E-state index is 11.4. The van der Waals surface area contributed by atoms with Crippen LogP contribution in [0.3, 0.4) is 0 Å². The predicted octanol–water partition coefficient (Wildman–Crippen LogP) is 0.406. The molecule has 0 unspecified atom stereocenters. The highest BCUT2D eigenvalue weighted by molar-refractivity contribution is 5.80. The van der Waals surface area contributed by atoms with Gasteiger partial charge in [0, 0.05) is 13.1 Å². The lowest BCUT2D eigenvalue weighted by Crippen LogP contribution is -2.43. The lowest BCUT2D eigenvalue weighted by atomic mass is 10.4. The molecule has 0 aliphatic rings. The van der Waals surface area contributed by atoms with Gasteiger partial charge in [0.25, 0.3) is 0 Å². The third-order valence-electron chi connectivity index (χ3n) is 1.63. The molecule has 0 aromatic rings. The van der Waals surface area contributed by atoms with Crippen molar-refractivity contribution < 1.29 is 14.7 Å². The number of carbonyl (C=O) groups excluding carboxylic acids is 1. The summed E-state index contributed by atoms with van der Waals surface area (Å²) in [6.07, 6.45) is 0.914. The Bertz CT molecular complexity index is 260. The van der Waals surface area contributed by atoms with Crippen molar-refractivity contribution in [3.05, 3.63) is 0 Å². The third kappa shape index (κ3) is 6.32. The van der Waals surface area contributed by atoms with Gasteiger partial charge in [0.2, 0.25) is 0 Å². The van der Waals surface area contributed by atoms with Crippen molar-refractivity contribution in [1.82, 2.24) is 10.2 Å². The van der Waals surface area contributed by atoms with Crippen LogP contribution in [0.4, 0.5) is 4.79 Å². The standard InChI is InChI=1S/C9H15N3O3/c1-2-5-11-9(15)12(6-3-4-10)7-8(13)14/h2-3,5-7H2,1H3,(H,11,15)(H,13,14). The fourth-order valence-corrected chi connectivity index (χ4v) is 0.944. The van der Waals surface area contributed by atoms with E-state index in [0.717, 1.165) is 11.3 Å². The van der Waals surface area contributed by atoms with Crippen LogP contribution in [0.15, 0.2) is 0 Å². The summed E-state index contributed by atoms with van der Waals surface area (Å²) < 4.78 is 0. The minimum Gasteiger partial charge on any atom is -0.480 e. The highest BCUT2D eigenvalue weighted by Gasteiger charge is 2.15. The van der Waals surface area contributed by atoms with Crippen molar-refractivity contribution >= 4 is 12.0 Å². The first kappa shape index (κ1) is 13.2. The number of nitrogens with one attached hydrogen (secondary N) is 1. The zero-order chi connectivity index (χ0) is 11.7. The molecule has 6 heteroatoms. The SMILES string of the molecule is CCCNC(=O)N(CCC#N)CC(=O)O. The molecule has 0 aliphatic carbocycles. The van der Waals surface area contributed by atoms with Gasteiger partial charge in [0.05, 0.1) is 12.5 Å². The number of amides is 2. The largest absolute Gasteiger partial charge is 0.480 e. The van der Waals surface area contributed by atoms with E-state index < -0.39 is 12.0 Å². The Morgan fingerprint density at radius 2 is 2.20 bits per heavy atom. The second-order valence-corrected chi connectivity index (χ2v) is 2.96. The van der Waals surface area contributed by atoms with Gasteiger partial charge in [0.15, 0.2) is 0 Å². The van der Waals surface area contributed by atoms with Gasteiger partial charge in [-0.25, -0.2) is 4.79 Å². The first-order valence-electron chi connectivity index (χ1n) is 4.73. The number of hydrogen-bond donors (Lipinski definition) is 2. The number of carboxylic acid groups (broad SMARTS) is 1. The topological polar surface area (TPSA) is 93.4 Å². The van der Waals surface area contributed by atoms with Crippen LogP contribution in [0, 0.1) is 11.3 Å². The number of nitrogens with zero attached hydrogens (tertiary/aromatic N) is 2. The molecule has 0 heterocycles. The summed E-state index contributed by atoms with van der Waals surface area (Å²) in [5.74, 6) is -1.08. The Kier molecular flexibility index (Phi) is 6.72. The summed E-state index contributed by atoms with van der Waals surface area (Å²) in [6.45, 7) is 2.16. The van der Waals surface area contributed by atoms with Crippen molar-refractivity contribution in [2.75, 3.05) is 19.6 Å². The molecule has 0 bridgehead atoms. The summed E-state index contributed by atoms with van der Waals surface area (Å²) in [7, 11) is 0. The molecular weight excluding hydrogens is 198 g/mol. The maximum Gasteiger partial charge on any atom is 0.323 e. The molecule has 2 N–H and O–H groups in total. The predicted molar refractivity (Wildman–Crippen MR) is 53.1 cm³/mol. The number of urea groups is 1. The van der Waals surface area contributed by atoms with Crippen LogP contribution < -0.4 is 5.32 Å². The Morgan fingerprint density at radius 1 is 1.53 bits per heavy atom. The van der Waals surface area contributed by atoms with Gasteiger partial charge >= 0.3 is 12.0 Å². The maximum atomic E-state index is 11.4. The molecule has 0 saturated carbocycles. The quantitative estimate of drug-likeness (QED) is 0.668. The molecule has 0 radical (unpaired) electrons. The zero-order valence-corrected chi connectivity index (χ0v) is 8.69. The molecule has 0 aromatic heterocycles. The average molecular weight is 213 g/mol. The minimum atomic E-state index is -1.08. The van der Waals surface area contributed by atoms with Gasteiger partial charge in [-0.1, -0.05) is 6.92 Å². The van der Waals surface area contributed by atoms with Gasteiger partial charge in [-0.05, 0) is 6.42 Å². The molecule has 0 spiro atoms. The molecule has 0 saturated heterocycles. The van der Waals surface area contributed by atoms with E-state index in [0.29, 0.717) is 6.54 Å². The molecule has 0 atom stereocenters. The Morgan fingerprint density at radius 3 is 2.67 bits per heavy atom. The first-order valence-corrected chi connectivity index (χ1v) is 4.73. The van der Waals surface area contributed by atoms with Crippen LogP contribution in [0.1, 0.15) is 19.8 Å². The molecule has 2 amide bonds. The highest BCUT2D eigenvalue weighted by atomic mass is 16.4. The van der Waals surface area contributed by atoms with E-state index in [-0.39, 0.29) is 19.5 Å². The van der Waals surface area contributed by atoms with E-state index in [1.807, 2.05) is 13.0 Å². The Balaban J connectivity index is 4.15. The highest BCUT2D eigenvalue weighted by Crippen LogP contribution is 1.92. The smallest absolute Gasteiger partial charge is 0.323 e. The number of rotatable bonds is 6. The molecule has 0 rings (SSSR count). The average Bonchev–Trinajstić information content (AvgIpc) is 2.20. The summed E-state index contributed by atoms with van der Waals surface area (Å²) >= 11 is 0. The summed E-state index contributed by atoms with van der Waals surface area (Å²) in [5, 5.41) is 19.5. The molecule has 0 fully saturated rings. The fraction of sp³-hybridized carbons (Fsp3) is 0.667. The number of hydrogen-bond acceptors (Lipinski definition) is 3. The van der Waals surface area contributed by atoms with Crippen LogP contribution in [-0.2, 0) is 4.79 Å². The van der Waals surface area contributed by atoms with Crippen LogP contribution >= 0.6 is 0 Å². The van der Waals surface area contributed by atoms with Gasteiger partial charge in [0.1, 0.15) is 6.54 Å². The monoisotopic (exact) mass is 213 g/mol. The molecule has 6 nitrogen and oxygen atoms in total. The van der Waals surface area contributed by atoms with Crippen molar-refractivity contribution in [1.29, 1.82) is 5.26 Å². The number of nitriles is 1. The van der Waals surface area contributed by atoms with Crippen LogP contribution in [0.5, 0.6) is 0 Å². The van der Waals surface area contributed by atoms with E-state index >= 15 is 0 Å². The number of carbonyl (C=O) groups is 2. The summed E-state index contributed by atoms with van der Waals surface area (Å²) in [6, 6.07) is 1.43. The van der Waals surface area contributed by atoms with Crippen LogP contribution in [0.2, 0.25) is 0 Å². The van der Waals surface area contributed by atoms with Crippen molar-refractivity contribution in [2.24, 2.45) is 0 Å². The third-order valence-corrected chi connectivity index (χ3v) is 1.63. The lowest BCUT2D eigenvalue weighted by molar-refractivity contribution is -0.137. The van der Waals surface area contributed by atoms with Gasteiger partial charge in [-0.3, -0.25) is 4.79 Å². The summed E-state index contributed by atoms with van der Waals surface area (Å²) in [5.41, 5.74) is 0. The normalized spacial score (nSPS) is 9.07. The second kappa shape index (κ2) is 7.62. The van der Waals surface area contributed by atoms with Crippen LogP contribution in [0.25, 0.3) is 0 Å². The molecular formula is C9H15N3O3. The lowest BCUT2D eigenvalue weighted by Gasteiger charge is -2.19. The number of carboxylic acids is 1. The Labute approximate surface area is 88.5 Å². The van der Waals surface area contributed by atoms with E-state index in [2.05, 4.69) is 5.32 Å². The molecule has 0 aromatic carbocycles. The van der Waals surface area contributed by atoms with Gasteiger partial charge in [-0.15, -0.1) is 0 Å². The Hall–Kier alpha value is -1.77. The first-order chi connectivity index (χ1) is 7.11. The fourth-order valence-electron chi connectivity index (χ4n) is 0.944. The number of aliphatic carboxylic acids is 1. The van der Waals surface area contributed by atoms with Crippen molar-refractivity contribution in [3.8, 4) is 6.07 Å². The van der Waals surface area contributed by atoms with Gasteiger partial charge in [-0.2, -0.15) is 5.26 Å². The minimum absolute atomic E-state index is 0.132. The van der Waals surface area contributed by atoms with E-state index in [9.17, 15) is 9.59 Å². The molecule has 84 valence electrons.